The van der Waals surface area contributed by atoms with Gasteiger partial charge in [-0.25, -0.2) is 0 Å². The van der Waals surface area contributed by atoms with Crippen molar-refractivity contribution in [2.24, 2.45) is 5.92 Å². The van der Waals surface area contributed by atoms with E-state index in [0.29, 0.717) is 6.04 Å². The zero-order valence-electron chi connectivity index (χ0n) is 14.2. The van der Waals surface area contributed by atoms with Gasteiger partial charge >= 0.3 is 0 Å². The fourth-order valence-corrected chi connectivity index (χ4v) is 5.69. The van der Waals surface area contributed by atoms with E-state index in [-0.39, 0.29) is 11.6 Å². The minimum atomic E-state index is -0.275. The molecule has 5 rings (SSSR count). The molecule has 1 spiro atoms. The average Bonchev–Trinajstić information content (AvgIpc) is 3.09. The quantitative estimate of drug-likeness (QED) is 0.887. The maximum absolute atomic E-state index is 6.38. The van der Waals surface area contributed by atoms with Gasteiger partial charge < -0.3 is 10.1 Å². The van der Waals surface area contributed by atoms with Crippen LogP contribution in [0.25, 0.3) is 0 Å². The number of rotatable bonds is 3. The van der Waals surface area contributed by atoms with Crippen molar-refractivity contribution in [3.05, 3.63) is 26.7 Å². The Bertz CT molecular complexity index is 788. The molecule has 8 heteroatoms. The molecule has 2 aromatic rings. The van der Waals surface area contributed by atoms with E-state index in [1.54, 1.807) is 16.1 Å². The Hall–Kier alpha value is -1.02. The summed E-state index contributed by atoms with van der Waals surface area (Å²) in [4.78, 5) is 3.06. The molecule has 0 amide bonds. The van der Waals surface area contributed by atoms with Crippen LogP contribution < -0.4 is 5.32 Å². The van der Waals surface area contributed by atoms with Gasteiger partial charge in [0.25, 0.3) is 0 Å². The summed E-state index contributed by atoms with van der Waals surface area (Å²) in [5, 5.41) is 16.9. The number of tetrazole rings is 1. The second-order valence-electron chi connectivity index (χ2n) is 7.67. The van der Waals surface area contributed by atoms with Gasteiger partial charge in [0, 0.05) is 17.3 Å². The van der Waals surface area contributed by atoms with Gasteiger partial charge in [0.1, 0.15) is 5.60 Å². The number of aromatic nitrogens is 4. The highest BCUT2D eigenvalue weighted by molar-refractivity contribution is 7.16. The van der Waals surface area contributed by atoms with Gasteiger partial charge in [-0.2, -0.15) is 4.80 Å². The fraction of sp³-hybridized carbons (Fsp3) is 0.706. The summed E-state index contributed by atoms with van der Waals surface area (Å²) in [5.74, 6) is 1.52. The number of hydrogen-bond acceptors (Lipinski definition) is 6. The molecule has 4 heterocycles. The number of ether oxygens (including phenoxy) is 1. The van der Waals surface area contributed by atoms with Crippen LogP contribution in [0, 0.1) is 5.92 Å². The third-order valence-corrected chi connectivity index (χ3v) is 6.99. The third-order valence-electron chi connectivity index (χ3n) is 5.50. The summed E-state index contributed by atoms with van der Waals surface area (Å²) < 4.78 is 7.23. The van der Waals surface area contributed by atoms with Crippen LogP contribution in [0.3, 0.4) is 0 Å². The molecule has 1 saturated carbocycles. The predicted octanol–water partition coefficient (Wildman–Crippen LogP) is 3.08. The number of piperidine rings is 1. The van der Waals surface area contributed by atoms with Crippen LogP contribution in [-0.4, -0.2) is 32.9 Å². The van der Waals surface area contributed by atoms with Crippen molar-refractivity contribution in [3.63, 3.8) is 0 Å². The molecule has 3 atom stereocenters. The highest BCUT2D eigenvalue weighted by Gasteiger charge is 2.47. The molecule has 2 fully saturated rings. The van der Waals surface area contributed by atoms with Crippen molar-refractivity contribution < 1.29 is 4.74 Å². The molecular formula is C17H22ClN5OS. The van der Waals surface area contributed by atoms with Gasteiger partial charge in [-0.05, 0) is 55.4 Å². The Kier molecular flexibility index (Phi) is 3.89. The SMILES string of the molecule is C[C@H]1C[C@@]2(C[C@@H](c3nnn(CC4CC4)n3)N1)OCCc1cc(Cl)sc12. The van der Waals surface area contributed by atoms with Crippen molar-refractivity contribution in [2.75, 3.05) is 6.61 Å². The lowest BCUT2D eigenvalue weighted by molar-refractivity contribution is -0.0961. The first-order valence-corrected chi connectivity index (χ1v) is 10.3. The van der Waals surface area contributed by atoms with Crippen molar-refractivity contribution in [1.82, 2.24) is 25.5 Å². The normalized spacial score (nSPS) is 32.1. The van der Waals surface area contributed by atoms with Gasteiger partial charge in [0.15, 0.2) is 5.82 Å². The molecular weight excluding hydrogens is 358 g/mol. The van der Waals surface area contributed by atoms with Crippen LogP contribution in [0.4, 0.5) is 0 Å². The molecule has 134 valence electrons. The zero-order chi connectivity index (χ0) is 17.0. The number of hydrogen-bond donors (Lipinski definition) is 1. The summed E-state index contributed by atoms with van der Waals surface area (Å²) in [7, 11) is 0. The van der Waals surface area contributed by atoms with Crippen molar-refractivity contribution >= 4 is 22.9 Å². The van der Waals surface area contributed by atoms with Crippen LogP contribution in [-0.2, 0) is 23.3 Å². The Morgan fingerprint density at radius 1 is 1.44 bits per heavy atom. The van der Waals surface area contributed by atoms with E-state index in [9.17, 15) is 0 Å². The molecule has 1 saturated heterocycles. The summed E-state index contributed by atoms with van der Waals surface area (Å²) >= 11 is 7.98. The van der Waals surface area contributed by atoms with Gasteiger partial charge in [0.05, 0.1) is 23.5 Å². The summed E-state index contributed by atoms with van der Waals surface area (Å²) in [6.07, 6.45) is 5.30. The van der Waals surface area contributed by atoms with E-state index < -0.39 is 0 Å². The minimum Gasteiger partial charge on any atom is -0.369 e. The van der Waals surface area contributed by atoms with Gasteiger partial charge in [-0.15, -0.1) is 21.5 Å². The molecule has 25 heavy (non-hydrogen) atoms. The van der Waals surface area contributed by atoms with Gasteiger partial charge in [-0.3, -0.25) is 0 Å². The van der Waals surface area contributed by atoms with Crippen molar-refractivity contribution in [1.29, 1.82) is 0 Å². The van der Waals surface area contributed by atoms with E-state index in [4.69, 9.17) is 16.3 Å². The third kappa shape index (κ3) is 3.01. The molecule has 2 aliphatic heterocycles. The standard InChI is InChI=1S/C17H22ClN5OS/c1-10-7-17(15-12(4-5-24-17)6-14(18)25-15)8-13(19-10)16-20-22-23(21-16)9-11-2-3-11/h6,10-11,13,19H,2-5,7-9H2,1H3/t10-,13-,17-/m0/s1. The summed E-state index contributed by atoms with van der Waals surface area (Å²) in [6.45, 7) is 3.85. The van der Waals surface area contributed by atoms with E-state index >= 15 is 0 Å². The van der Waals surface area contributed by atoms with Crippen molar-refractivity contribution in [2.45, 2.75) is 63.3 Å². The van der Waals surface area contributed by atoms with Crippen LogP contribution in [0.15, 0.2) is 6.07 Å². The van der Waals surface area contributed by atoms with E-state index in [1.807, 2.05) is 0 Å². The molecule has 0 unspecified atom stereocenters. The van der Waals surface area contributed by atoms with Gasteiger partial charge in [0.2, 0.25) is 0 Å². The second-order valence-corrected chi connectivity index (χ2v) is 9.36. The molecule has 1 aliphatic carbocycles. The monoisotopic (exact) mass is 379 g/mol. The Balaban J connectivity index is 1.44. The lowest BCUT2D eigenvalue weighted by Crippen LogP contribution is -2.49. The Morgan fingerprint density at radius 3 is 3.16 bits per heavy atom. The van der Waals surface area contributed by atoms with Crippen molar-refractivity contribution in [3.8, 4) is 0 Å². The zero-order valence-corrected chi connectivity index (χ0v) is 15.8. The smallest absolute Gasteiger partial charge is 0.191 e. The molecule has 1 N–H and O–H groups in total. The number of thiophene rings is 1. The first-order valence-electron chi connectivity index (χ1n) is 9.08. The number of nitrogens with one attached hydrogen (secondary N) is 1. The molecule has 6 nitrogen and oxygen atoms in total. The van der Waals surface area contributed by atoms with E-state index in [0.717, 1.165) is 48.5 Å². The lowest BCUT2D eigenvalue weighted by atomic mass is 9.79. The number of fused-ring (bicyclic) bond motifs is 2. The number of halogens is 1. The maximum Gasteiger partial charge on any atom is 0.191 e. The number of nitrogens with zero attached hydrogens (tertiary/aromatic N) is 4. The second kappa shape index (κ2) is 6.01. The van der Waals surface area contributed by atoms with Crippen LogP contribution >= 0.6 is 22.9 Å². The molecule has 0 radical (unpaired) electrons. The Morgan fingerprint density at radius 2 is 2.32 bits per heavy atom. The Labute approximate surface area is 155 Å². The average molecular weight is 380 g/mol. The van der Waals surface area contributed by atoms with Crippen LogP contribution in [0.1, 0.15) is 54.9 Å². The largest absolute Gasteiger partial charge is 0.369 e. The first kappa shape index (κ1) is 16.2. The molecule has 0 bridgehead atoms. The minimum absolute atomic E-state index is 0.0588. The van der Waals surface area contributed by atoms with E-state index in [1.165, 1.54) is 23.3 Å². The molecule has 3 aliphatic rings. The highest BCUT2D eigenvalue weighted by atomic mass is 35.5. The maximum atomic E-state index is 6.38. The highest BCUT2D eigenvalue weighted by Crippen LogP contribution is 2.49. The van der Waals surface area contributed by atoms with Crippen LogP contribution in [0.5, 0.6) is 0 Å². The van der Waals surface area contributed by atoms with Crippen LogP contribution in [0.2, 0.25) is 4.34 Å². The summed E-state index contributed by atoms with van der Waals surface area (Å²) in [5.41, 5.74) is 1.07. The first-order chi connectivity index (χ1) is 12.1. The lowest BCUT2D eigenvalue weighted by Gasteiger charge is -2.45. The fourth-order valence-electron chi connectivity index (χ4n) is 4.23. The van der Waals surface area contributed by atoms with Gasteiger partial charge in [-0.1, -0.05) is 11.6 Å². The summed E-state index contributed by atoms with van der Waals surface area (Å²) in [6, 6.07) is 2.49. The molecule has 0 aromatic carbocycles. The van der Waals surface area contributed by atoms with E-state index in [2.05, 4.69) is 33.7 Å². The molecule has 2 aromatic heterocycles. The topological polar surface area (TPSA) is 64.9 Å². The predicted molar refractivity (Wildman–Crippen MR) is 95.8 cm³/mol.